The summed E-state index contributed by atoms with van der Waals surface area (Å²) in [5.41, 5.74) is 5.55. The van der Waals surface area contributed by atoms with Crippen molar-refractivity contribution in [3.8, 4) is 0 Å². The number of thioether (sulfide) groups is 1. The van der Waals surface area contributed by atoms with Gasteiger partial charge >= 0.3 is 5.97 Å². The Hall–Kier alpha value is -1.08. The molecule has 0 spiro atoms. The van der Waals surface area contributed by atoms with Crippen LogP contribution in [0.3, 0.4) is 0 Å². The lowest BCUT2D eigenvalue weighted by Crippen LogP contribution is -2.46. The minimum Gasteiger partial charge on any atom is -0.480 e. The third kappa shape index (κ3) is 3.21. The SMILES string of the molecule is CC(C)(SCc1ncon1)[C@H](N)C(=O)O. The third-order valence-electron chi connectivity index (χ3n) is 2.00. The molecule has 1 aromatic rings. The number of aliphatic carboxylic acids is 1. The van der Waals surface area contributed by atoms with Gasteiger partial charge in [0, 0.05) is 4.75 Å². The van der Waals surface area contributed by atoms with E-state index in [4.69, 9.17) is 10.8 Å². The maximum absolute atomic E-state index is 10.7. The molecule has 1 rings (SSSR count). The molecular formula is C8H13N3O3S. The summed E-state index contributed by atoms with van der Waals surface area (Å²) >= 11 is 1.38. The minimum atomic E-state index is -1.01. The summed E-state index contributed by atoms with van der Waals surface area (Å²) in [6, 6.07) is -0.922. The molecule has 0 aliphatic heterocycles. The van der Waals surface area contributed by atoms with E-state index >= 15 is 0 Å². The van der Waals surface area contributed by atoms with E-state index in [1.165, 1.54) is 18.2 Å². The number of carboxylic acid groups (broad SMARTS) is 1. The topological polar surface area (TPSA) is 102 Å². The second kappa shape index (κ2) is 4.63. The Morgan fingerprint density at radius 2 is 2.47 bits per heavy atom. The monoisotopic (exact) mass is 231 g/mol. The standard InChI is InChI=1S/C8H13N3O3S/c1-8(2,6(9)7(12)13)15-3-5-10-4-14-11-5/h4,6H,3,9H2,1-2H3,(H,12,13)/t6-/m1/s1. The molecule has 0 unspecified atom stereocenters. The van der Waals surface area contributed by atoms with Crippen LogP contribution >= 0.6 is 11.8 Å². The van der Waals surface area contributed by atoms with Crippen molar-refractivity contribution in [1.29, 1.82) is 0 Å². The minimum absolute atomic E-state index is 0.477. The maximum atomic E-state index is 10.7. The first kappa shape index (κ1) is 12.0. The summed E-state index contributed by atoms with van der Waals surface area (Å²) < 4.78 is 3.99. The smallest absolute Gasteiger partial charge is 0.321 e. The Balaban J connectivity index is 2.53. The molecule has 1 heterocycles. The van der Waals surface area contributed by atoms with Gasteiger partial charge in [0.15, 0.2) is 5.82 Å². The van der Waals surface area contributed by atoms with Gasteiger partial charge in [0.1, 0.15) is 6.04 Å². The average Bonchev–Trinajstić information content (AvgIpc) is 2.66. The molecule has 0 bridgehead atoms. The average molecular weight is 231 g/mol. The molecule has 3 N–H and O–H groups in total. The van der Waals surface area contributed by atoms with Gasteiger partial charge < -0.3 is 15.4 Å². The number of nitrogens with two attached hydrogens (primary N) is 1. The summed E-state index contributed by atoms with van der Waals surface area (Å²) in [6.45, 7) is 3.55. The van der Waals surface area contributed by atoms with E-state index in [0.29, 0.717) is 11.6 Å². The molecule has 0 fully saturated rings. The number of hydrogen-bond acceptors (Lipinski definition) is 6. The van der Waals surface area contributed by atoms with E-state index in [9.17, 15) is 4.79 Å². The van der Waals surface area contributed by atoms with E-state index in [1.54, 1.807) is 13.8 Å². The van der Waals surface area contributed by atoms with Crippen molar-refractivity contribution in [3.63, 3.8) is 0 Å². The van der Waals surface area contributed by atoms with Crippen LogP contribution in [0.4, 0.5) is 0 Å². The molecule has 0 saturated heterocycles. The second-order valence-electron chi connectivity index (χ2n) is 3.56. The van der Waals surface area contributed by atoms with Gasteiger partial charge in [0.2, 0.25) is 6.39 Å². The molecule has 15 heavy (non-hydrogen) atoms. The Kier molecular flexibility index (Phi) is 3.70. The predicted octanol–water partition coefficient (Wildman–Crippen LogP) is 0.493. The first-order valence-electron chi connectivity index (χ1n) is 4.31. The van der Waals surface area contributed by atoms with Crippen molar-refractivity contribution in [1.82, 2.24) is 10.1 Å². The second-order valence-corrected chi connectivity index (χ2v) is 5.19. The van der Waals surface area contributed by atoms with Gasteiger partial charge in [-0.15, -0.1) is 11.8 Å². The molecule has 0 radical (unpaired) electrons. The highest BCUT2D eigenvalue weighted by Crippen LogP contribution is 2.29. The number of nitrogens with zero attached hydrogens (tertiary/aromatic N) is 2. The van der Waals surface area contributed by atoms with E-state index in [0.717, 1.165) is 0 Å². The highest BCUT2D eigenvalue weighted by atomic mass is 32.2. The molecule has 1 aromatic heterocycles. The van der Waals surface area contributed by atoms with Gasteiger partial charge in [0.25, 0.3) is 0 Å². The van der Waals surface area contributed by atoms with Crippen LogP contribution in [0.15, 0.2) is 10.9 Å². The van der Waals surface area contributed by atoms with Crippen molar-refractivity contribution in [2.24, 2.45) is 5.73 Å². The number of carbonyl (C=O) groups is 1. The quantitative estimate of drug-likeness (QED) is 0.760. The highest BCUT2D eigenvalue weighted by molar-refractivity contribution is 7.99. The van der Waals surface area contributed by atoms with E-state index in [1.807, 2.05) is 0 Å². The zero-order valence-corrected chi connectivity index (χ0v) is 9.32. The lowest BCUT2D eigenvalue weighted by atomic mass is 10.1. The first-order chi connectivity index (χ1) is 6.93. The summed E-state index contributed by atoms with van der Waals surface area (Å²) in [7, 11) is 0. The molecule has 84 valence electrons. The van der Waals surface area contributed by atoms with Crippen LogP contribution in [0, 0.1) is 0 Å². The predicted molar refractivity (Wildman–Crippen MR) is 55.3 cm³/mol. The fourth-order valence-corrected chi connectivity index (χ4v) is 1.80. The largest absolute Gasteiger partial charge is 0.480 e. The van der Waals surface area contributed by atoms with Gasteiger partial charge in [-0.2, -0.15) is 4.98 Å². The van der Waals surface area contributed by atoms with Crippen molar-refractivity contribution in [3.05, 3.63) is 12.2 Å². The first-order valence-corrected chi connectivity index (χ1v) is 5.29. The van der Waals surface area contributed by atoms with Gasteiger partial charge in [-0.25, -0.2) is 0 Å². The molecule has 0 aromatic carbocycles. The van der Waals surface area contributed by atoms with Crippen molar-refractivity contribution < 1.29 is 14.4 Å². The van der Waals surface area contributed by atoms with Crippen LogP contribution in [0.25, 0.3) is 0 Å². The summed E-state index contributed by atoms with van der Waals surface area (Å²) in [5.74, 6) is -0.00363. The zero-order chi connectivity index (χ0) is 11.5. The Bertz CT molecular complexity index is 326. The summed E-state index contributed by atoms with van der Waals surface area (Å²) in [5, 5.41) is 12.4. The van der Waals surface area contributed by atoms with Crippen LogP contribution < -0.4 is 5.73 Å². The molecule has 7 heteroatoms. The van der Waals surface area contributed by atoms with Crippen LogP contribution in [0.2, 0.25) is 0 Å². The summed E-state index contributed by atoms with van der Waals surface area (Å²) in [4.78, 5) is 14.6. The van der Waals surface area contributed by atoms with Gasteiger partial charge in [-0.1, -0.05) is 5.16 Å². The van der Waals surface area contributed by atoms with Gasteiger partial charge in [0.05, 0.1) is 5.75 Å². The lowest BCUT2D eigenvalue weighted by Gasteiger charge is -2.27. The molecular weight excluding hydrogens is 218 g/mol. The molecule has 0 aliphatic carbocycles. The fraction of sp³-hybridized carbons (Fsp3) is 0.625. The van der Waals surface area contributed by atoms with E-state index in [-0.39, 0.29) is 0 Å². The highest BCUT2D eigenvalue weighted by Gasteiger charge is 2.32. The summed E-state index contributed by atoms with van der Waals surface area (Å²) in [6.07, 6.45) is 1.24. The van der Waals surface area contributed by atoms with Gasteiger partial charge in [-0.05, 0) is 13.8 Å². The van der Waals surface area contributed by atoms with Gasteiger partial charge in [-0.3, -0.25) is 4.79 Å². The lowest BCUT2D eigenvalue weighted by molar-refractivity contribution is -0.139. The number of carboxylic acids is 1. The Morgan fingerprint density at radius 3 is 2.93 bits per heavy atom. The van der Waals surface area contributed by atoms with Crippen molar-refractivity contribution >= 4 is 17.7 Å². The molecule has 0 saturated carbocycles. The number of rotatable bonds is 5. The van der Waals surface area contributed by atoms with Crippen LogP contribution in [0.5, 0.6) is 0 Å². The van der Waals surface area contributed by atoms with Crippen LogP contribution in [0.1, 0.15) is 19.7 Å². The fourth-order valence-electron chi connectivity index (χ4n) is 0.894. The normalized spacial score (nSPS) is 13.8. The molecule has 0 aliphatic rings. The van der Waals surface area contributed by atoms with Crippen LogP contribution in [-0.4, -0.2) is 32.0 Å². The Morgan fingerprint density at radius 1 is 1.80 bits per heavy atom. The third-order valence-corrected chi connectivity index (χ3v) is 3.40. The molecule has 0 amide bonds. The zero-order valence-electron chi connectivity index (χ0n) is 8.51. The number of aromatic nitrogens is 2. The molecule has 1 atom stereocenters. The number of hydrogen-bond donors (Lipinski definition) is 2. The van der Waals surface area contributed by atoms with Crippen molar-refractivity contribution in [2.75, 3.05) is 0 Å². The van der Waals surface area contributed by atoms with E-state index in [2.05, 4.69) is 14.7 Å². The van der Waals surface area contributed by atoms with E-state index < -0.39 is 16.8 Å². The van der Waals surface area contributed by atoms with Crippen LogP contribution in [-0.2, 0) is 10.5 Å². The van der Waals surface area contributed by atoms with Crippen molar-refractivity contribution in [2.45, 2.75) is 30.4 Å². The molecule has 6 nitrogen and oxygen atoms in total. The Labute approximate surface area is 91.2 Å². The maximum Gasteiger partial charge on any atom is 0.321 e.